The number of alkyl halides is 1. The molecule has 0 saturated carbocycles. The van der Waals surface area contributed by atoms with E-state index in [9.17, 15) is 4.79 Å². The number of benzene rings is 2. The molecule has 28 heavy (non-hydrogen) atoms. The van der Waals surface area contributed by atoms with Gasteiger partial charge < -0.3 is 4.74 Å². The van der Waals surface area contributed by atoms with E-state index in [-0.39, 0.29) is 16.7 Å². The third kappa shape index (κ3) is 4.36. The van der Waals surface area contributed by atoms with Crippen molar-refractivity contribution in [2.45, 2.75) is 17.2 Å². The fourth-order valence-corrected chi connectivity index (χ4v) is 5.13. The zero-order valence-electron chi connectivity index (χ0n) is 14.6. The molecule has 0 N–H and O–H groups in total. The highest BCUT2D eigenvalue weighted by atomic mass is 35.5. The number of ether oxygens (including phenoxy) is 1. The summed E-state index contributed by atoms with van der Waals surface area (Å²) in [7, 11) is 0. The maximum absolute atomic E-state index is 12.5. The monoisotopic (exact) mass is 451 g/mol. The van der Waals surface area contributed by atoms with Gasteiger partial charge >= 0.3 is 0 Å². The molecule has 3 nitrogen and oxygen atoms in total. The summed E-state index contributed by atoms with van der Waals surface area (Å²) in [5.74, 6) is 1.86. The van der Waals surface area contributed by atoms with Gasteiger partial charge in [0.25, 0.3) is 0 Å². The second-order valence-electron chi connectivity index (χ2n) is 6.45. The summed E-state index contributed by atoms with van der Waals surface area (Å²) in [5, 5.41) is 1.08. The van der Waals surface area contributed by atoms with Crippen molar-refractivity contribution >= 4 is 58.2 Å². The van der Waals surface area contributed by atoms with E-state index in [1.807, 2.05) is 36.4 Å². The Kier molecular flexibility index (Phi) is 5.93. The number of thioether (sulfide) groups is 1. The fraction of sp³-hybridized carbons (Fsp3) is 0.190. The Morgan fingerprint density at radius 2 is 1.64 bits per heavy atom. The lowest BCUT2D eigenvalue weighted by molar-refractivity contribution is -0.115. The van der Waals surface area contributed by atoms with Crippen LogP contribution in [0.2, 0.25) is 5.02 Å². The second kappa shape index (κ2) is 8.42. The van der Waals surface area contributed by atoms with E-state index in [1.165, 1.54) is 0 Å². The molecule has 1 aliphatic heterocycles. The van der Waals surface area contributed by atoms with Gasteiger partial charge in [0.2, 0.25) is 5.91 Å². The van der Waals surface area contributed by atoms with Crippen LogP contribution in [0.3, 0.4) is 0 Å². The van der Waals surface area contributed by atoms with E-state index in [2.05, 4.69) is 0 Å². The standard InChI is InChI=1S/C21H16Cl3NO2S/c22-14-1-5-18(6-2-14)27-19-7-3-17(4-8-19)25-20(26)12-28-21(25)13-9-15(23)11-16(24)10-13/h1-10,15,21H,11-12H2. The summed E-state index contributed by atoms with van der Waals surface area (Å²) >= 11 is 20.0. The highest BCUT2D eigenvalue weighted by Gasteiger charge is 2.35. The molecule has 7 heteroatoms. The first-order valence-corrected chi connectivity index (χ1v) is 10.9. The molecule has 4 rings (SSSR count). The van der Waals surface area contributed by atoms with Gasteiger partial charge in [0, 0.05) is 22.2 Å². The van der Waals surface area contributed by atoms with Gasteiger partial charge in [-0.05, 0) is 60.2 Å². The van der Waals surface area contributed by atoms with Crippen LogP contribution in [0.1, 0.15) is 6.42 Å². The number of carbonyl (C=O) groups excluding carboxylic acids is 1. The van der Waals surface area contributed by atoms with Gasteiger partial charge in [-0.1, -0.05) is 29.3 Å². The number of carbonyl (C=O) groups is 1. The third-order valence-electron chi connectivity index (χ3n) is 4.40. The Bertz CT molecular complexity index is 941. The smallest absolute Gasteiger partial charge is 0.238 e. The van der Waals surface area contributed by atoms with Gasteiger partial charge in [0.15, 0.2) is 0 Å². The maximum atomic E-state index is 12.5. The lowest BCUT2D eigenvalue weighted by Gasteiger charge is -2.27. The molecule has 144 valence electrons. The lowest BCUT2D eigenvalue weighted by atomic mass is 10.1. The number of hydrogen-bond donors (Lipinski definition) is 0. The number of halogens is 3. The van der Waals surface area contributed by atoms with Crippen LogP contribution in [-0.2, 0) is 4.79 Å². The molecule has 1 aliphatic carbocycles. The van der Waals surface area contributed by atoms with Crippen LogP contribution in [0.5, 0.6) is 11.5 Å². The van der Waals surface area contributed by atoms with E-state index >= 15 is 0 Å². The molecular formula is C21H16Cl3NO2S. The molecule has 2 aromatic rings. The van der Waals surface area contributed by atoms with Gasteiger partial charge in [-0.2, -0.15) is 0 Å². The quantitative estimate of drug-likeness (QED) is 0.490. The highest BCUT2D eigenvalue weighted by molar-refractivity contribution is 8.01. The Morgan fingerprint density at radius 3 is 2.29 bits per heavy atom. The largest absolute Gasteiger partial charge is 0.457 e. The van der Waals surface area contributed by atoms with Crippen molar-refractivity contribution in [3.8, 4) is 11.5 Å². The van der Waals surface area contributed by atoms with Crippen molar-refractivity contribution in [2.24, 2.45) is 0 Å². The van der Waals surface area contributed by atoms with Crippen LogP contribution in [-0.4, -0.2) is 22.4 Å². The van der Waals surface area contributed by atoms with E-state index in [4.69, 9.17) is 39.5 Å². The molecule has 0 spiro atoms. The average molecular weight is 453 g/mol. The van der Waals surface area contributed by atoms with Crippen LogP contribution in [0, 0.1) is 0 Å². The van der Waals surface area contributed by atoms with Crippen LogP contribution >= 0.6 is 46.6 Å². The van der Waals surface area contributed by atoms with E-state index in [0.717, 1.165) is 11.3 Å². The molecule has 1 heterocycles. The SMILES string of the molecule is O=C1CSC(C2=CC(Cl)CC(Cl)=C2)N1c1ccc(Oc2ccc(Cl)cc2)cc1. The molecule has 2 aliphatic rings. The van der Waals surface area contributed by atoms with Crippen molar-refractivity contribution in [2.75, 3.05) is 10.7 Å². The number of nitrogens with zero attached hydrogens (tertiary/aromatic N) is 1. The molecular weight excluding hydrogens is 437 g/mol. The predicted molar refractivity (Wildman–Crippen MR) is 118 cm³/mol. The van der Waals surface area contributed by atoms with Crippen LogP contribution in [0.25, 0.3) is 0 Å². The molecule has 2 aromatic carbocycles. The summed E-state index contributed by atoms with van der Waals surface area (Å²) in [6.07, 6.45) is 4.52. The number of rotatable bonds is 4. The first kappa shape index (κ1) is 19.7. The Balaban J connectivity index is 1.55. The maximum Gasteiger partial charge on any atom is 0.238 e. The summed E-state index contributed by atoms with van der Waals surface area (Å²) < 4.78 is 5.83. The minimum absolute atomic E-state index is 0.0588. The molecule has 1 fully saturated rings. The molecule has 1 saturated heterocycles. The van der Waals surface area contributed by atoms with Crippen LogP contribution in [0.15, 0.2) is 71.3 Å². The third-order valence-corrected chi connectivity index (χ3v) is 6.41. The Labute approximate surface area is 182 Å². The Morgan fingerprint density at radius 1 is 1.00 bits per heavy atom. The van der Waals surface area contributed by atoms with E-state index in [0.29, 0.717) is 33.7 Å². The summed E-state index contributed by atoms with van der Waals surface area (Å²) in [5.41, 5.74) is 1.78. The van der Waals surface area contributed by atoms with Gasteiger partial charge in [0.1, 0.15) is 16.9 Å². The lowest BCUT2D eigenvalue weighted by Crippen LogP contribution is -2.34. The first-order chi connectivity index (χ1) is 13.5. The van der Waals surface area contributed by atoms with Crippen molar-refractivity contribution in [1.29, 1.82) is 0 Å². The van der Waals surface area contributed by atoms with E-state index < -0.39 is 0 Å². The molecule has 0 aromatic heterocycles. The van der Waals surface area contributed by atoms with Gasteiger partial charge in [0.05, 0.1) is 11.1 Å². The number of amides is 1. The zero-order valence-corrected chi connectivity index (χ0v) is 17.7. The molecule has 0 bridgehead atoms. The van der Waals surface area contributed by atoms with Crippen molar-refractivity contribution in [3.63, 3.8) is 0 Å². The number of anilines is 1. The summed E-state index contributed by atoms with van der Waals surface area (Å²) in [6.45, 7) is 0. The topological polar surface area (TPSA) is 29.5 Å². The molecule has 0 radical (unpaired) electrons. The summed E-state index contributed by atoms with van der Waals surface area (Å²) in [4.78, 5) is 14.3. The minimum Gasteiger partial charge on any atom is -0.457 e. The van der Waals surface area contributed by atoms with Gasteiger partial charge in [-0.3, -0.25) is 9.69 Å². The first-order valence-electron chi connectivity index (χ1n) is 8.68. The van der Waals surface area contributed by atoms with Gasteiger partial charge in [-0.25, -0.2) is 0 Å². The normalized spacial score (nSPS) is 22.1. The van der Waals surface area contributed by atoms with Crippen molar-refractivity contribution < 1.29 is 9.53 Å². The summed E-state index contributed by atoms with van der Waals surface area (Å²) in [6, 6.07) is 14.6. The highest BCUT2D eigenvalue weighted by Crippen LogP contribution is 2.39. The van der Waals surface area contributed by atoms with Crippen molar-refractivity contribution in [1.82, 2.24) is 0 Å². The number of allylic oxidation sites excluding steroid dienone is 2. The molecule has 2 atom stereocenters. The predicted octanol–water partition coefficient (Wildman–Crippen LogP) is 6.60. The fourth-order valence-electron chi connectivity index (χ4n) is 3.16. The Hall–Kier alpha value is -1.59. The second-order valence-corrected chi connectivity index (χ2v) is 9.01. The molecule has 1 amide bonds. The van der Waals surface area contributed by atoms with Gasteiger partial charge in [-0.15, -0.1) is 23.4 Å². The van der Waals surface area contributed by atoms with Crippen LogP contribution in [0.4, 0.5) is 5.69 Å². The minimum atomic E-state index is -0.152. The average Bonchev–Trinajstić information content (AvgIpc) is 3.05. The molecule has 2 unspecified atom stereocenters. The van der Waals surface area contributed by atoms with E-state index in [1.54, 1.807) is 40.9 Å². The van der Waals surface area contributed by atoms with Crippen molar-refractivity contribution in [3.05, 3.63) is 76.3 Å². The zero-order chi connectivity index (χ0) is 19.7. The van der Waals surface area contributed by atoms with Crippen LogP contribution < -0.4 is 9.64 Å². The number of hydrogen-bond acceptors (Lipinski definition) is 3.